The van der Waals surface area contributed by atoms with Crippen LogP contribution in [0.4, 0.5) is 8.78 Å². The minimum Gasteiger partial charge on any atom is -0.483 e. The normalized spacial score (nSPS) is 16.7. The van der Waals surface area contributed by atoms with Gasteiger partial charge in [-0.3, -0.25) is 14.4 Å². The van der Waals surface area contributed by atoms with Gasteiger partial charge in [0.25, 0.3) is 11.8 Å². The lowest BCUT2D eigenvalue weighted by Gasteiger charge is -2.35. The maximum atomic E-state index is 14.1. The zero-order chi connectivity index (χ0) is 26.1. The van der Waals surface area contributed by atoms with Crippen LogP contribution in [-0.4, -0.2) is 34.4 Å². The third-order valence-electron chi connectivity index (χ3n) is 6.73. The van der Waals surface area contributed by atoms with E-state index in [4.69, 9.17) is 4.74 Å². The van der Waals surface area contributed by atoms with Crippen LogP contribution >= 0.6 is 0 Å². The van der Waals surface area contributed by atoms with E-state index in [1.807, 2.05) is 30.3 Å². The van der Waals surface area contributed by atoms with Crippen molar-refractivity contribution < 1.29 is 23.1 Å². The molecule has 0 saturated carbocycles. The lowest BCUT2D eigenvalue weighted by Crippen LogP contribution is -2.45. The highest BCUT2D eigenvalue weighted by molar-refractivity contribution is 5.99. The highest BCUT2D eigenvalue weighted by Crippen LogP contribution is 2.35. The van der Waals surface area contributed by atoms with Crippen molar-refractivity contribution in [2.45, 2.75) is 32.0 Å². The van der Waals surface area contributed by atoms with Crippen LogP contribution in [0.5, 0.6) is 5.75 Å². The first-order valence-corrected chi connectivity index (χ1v) is 12.0. The van der Waals surface area contributed by atoms with E-state index in [9.17, 15) is 23.2 Å². The summed E-state index contributed by atoms with van der Waals surface area (Å²) in [6.45, 7) is 4.86. The topological polar surface area (TPSA) is 80.6 Å². The van der Waals surface area contributed by atoms with Crippen molar-refractivity contribution in [1.82, 2.24) is 14.8 Å². The van der Waals surface area contributed by atoms with Gasteiger partial charge in [-0.25, -0.2) is 8.78 Å². The number of rotatable bonds is 6. The minimum atomic E-state index is -0.810. The van der Waals surface area contributed by atoms with Crippen molar-refractivity contribution >= 4 is 11.8 Å². The Balaban J connectivity index is 1.55. The maximum Gasteiger partial charge on any atom is 0.274 e. The van der Waals surface area contributed by atoms with Gasteiger partial charge in [-0.15, -0.1) is 0 Å². The fraction of sp³-hybridized carbons (Fsp3) is 0.250. The Kier molecular flexibility index (Phi) is 6.60. The summed E-state index contributed by atoms with van der Waals surface area (Å²) in [5.74, 6) is -2.86. The molecule has 2 bridgehead atoms. The zero-order valence-electron chi connectivity index (χ0n) is 20.0. The van der Waals surface area contributed by atoms with Crippen molar-refractivity contribution in [1.29, 1.82) is 0 Å². The lowest BCUT2D eigenvalue weighted by atomic mass is 10.0. The minimum absolute atomic E-state index is 0.0217. The summed E-state index contributed by atoms with van der Waals surface area (Å²) in [6.07, 6.45) is 2.81. The first-order valence-electron chi connectivity index (χ1n) is 12.0. The first-order chi connectivity index (χ1) is 17.8. The largest absolute Gasteiger partial charge is 0.483 e. The standard InChI is InChI=1S/C28H25F2N3O4/c1-17-6-5-11-32-15-23(17)33-14-21(27(35)31-13-19-9-10-20(29)12-22(19)30)25(34)26(24(33)28(32)36)37-16-18-7-3-2-4-8-18/h2-4,7-10,12,14,23H,1,5-6,11,13,15-16H2,(H,31,35). The Morgan fingerprint density at radius 1 is 1.14 bits per heavy atom. The zero-order valence-corrected chi connectivity index (χ0v) is 20.0. The predicted molar refractivity (Wildman–Crippen MR) is 132 cm³/mol. The maximum absolute atomic E-state index is 14.1. The third kappa shape index (κ3) is 4.76. The Labute approximate surface area is 212 Å². The highest BCUT2D eigenvalue weighted by Gasteiger charge is 2.38. The van der Waals surface area contributed by atoms with Crippen molar-refractivity contribution in [3.05, 3.63) is 111 Å². The Morgan fingerprint density at radius 2 is 1.92 bits per heavy atom. The molecule has 1 fully saturated rings. The van der Waals surface area contributed by atoms with Crippen LogP contribution in [0.25, 0.3) is 0 Å². The van der Waals surface area contributed by atoms with Crippen LogP contribution in [0.15, 0.2) is 71.7 Å². The second-order valence-electron chi connectivity index (χ2n) is 9.18. The van der Waals surface area contributed by atoms with Gasteiger partial charge in [-0.1, -0.05) is 48.6 Å². The fourth-order valence-corrected chi connectivity index (χ4v) is 4.74. The average molecular weight is 506 g/mol. The number of carbonyl (C=O) groups is 2. The van der Waals surface area contributed by atoms with Gasteiger partial charge in [0.1, 0.15) is 23.8 Å². The summed E-state index contributed by atoms with van der Waals surface area (Å²) in [6, 6.07) is 11.9. The van der Waals surface area contributed by atoms with Crippen LogP contribution in [0, 0.1) is 11.6 Å². The number of nitrogens with one attached hydrogen (secondary N) is 1. The Hall–Kier alpha value is -4.27. The van der Waals surface area contributed by atoms with E-state index in [0.29, 0.717) is 19.5 Å². The van der Waals surface area contributed by atoms with Crippen molar-refractivity contribution in [2.75, 3.05) is 13.1 Å². The van der Waals surface area contributed by atoms with E-state index in [-0.39, 0.29) is 47.7 Å². The molecule has 2 amide bonds. The number of fused-ring (bicyclic) bond motifs is 4. The number of amides is 2. The van der Waals surface area contributed by atoms with Gasteiger partial charge < -0.3 is 19.5 Å². The summed E-state index contributed by atoms with van der Waals surface area (Å²) in [5, 5.41) is 2.53. The van der Waals surface area contributed by atoms with Crippen LogP contribution in [0.3, 0.4) is 0 Å². The molecule has 5 rings (SSSR count). The van der Waals surface area contributed by atoms with E-state index < -0.39 is 23.0 Å². The Bertz CT molecular complexity index is 1450. The van der Waals surface area contributed by atoms with Crippen molar-refractivity contribution in [2.24, 2.45) is 0 Å². The number of pyridine rings is 1. The molecule has 1 saturated heterocycles. The second-order valence-corrected chi connectivity index (χ2v) is 9.18. The van der Waals surface area contributed by atoms with E-state index in [1.165, 1.54) is 12.3 Å². The molecule has 2 aliphatic heterocycles. The molecule has 3 heterocycles. The van der Waals surface area contributed by atoms with E-state index in [2.05, 4.69) is 11.9 Å². The van der Waals surface area contributed by atoms with Crippen LogP contribution < -0.4 is 15.5 Å². The summed E-state index contributed by atoms with van der Waals surface area (Å²) in [7, 11) is 0. The molecule has 3 aromatic rings. The number of nitrogens with zero attached hydrogens (tertiary/aromatic N) is 2. The number of carbonyl (C=O) groups excluding carboxylic acids is 2. The second kappa shape index (κ2) is 10.0. The number of ether oxygens (including phenoxy) is 1. The van der Waals surface area contributed by atoms with Crippen molar-refractivity contribution in [3.8, 4) is 5.75 Å². The fourth-order valence-electron chi connectivity index (χ4n) is 4.74. The molecule has 2 aromatic carbocycles. The molecule has 1 N–H and O–H groups in total. The molecule has 1 unspecified atom stereocenters. The average Bonchev–Trinajstić information content (AvgIpc) is 3.06. The summed E-state index contributed by atoms with van der Waals surface area (Å²) >= 11 is 0. The molecular weight excluding hydrogens is 480 g/mol. The van der Waals surface area contributed by atoms with Gasteiger partial charge in [-0.05, 0) is 24.5 Å². The molecule has 2 aliphatic rings. The number of benzene rings is 2. The molecule has 9 heteroatoms. The van der Waals surface area contributed by atoms with E-state index >= 15 is 0 Å². The van der Waals surface area contributed by atoms with Gasteiger partial charge in [0.05, 0.1) is 6.04 Å². The quantitative estimate of drug-likeness (QED) is 0.514. The Morgan fingerprint density at radius 3 is 2.68 bits per heavy atom. The van der Waals surface area contributed by atoms with Crippen LogP contribution in [0.1, 0.15) is 50.9 Å². The number of hydrogen-bond donors (Lipinski definition) is 1. The molecule has 0 radical (unpaired) electrons. The van der Waals surface area contributed by atoms with Crippen molar-refractivity contribution in [3.63, 3.8) is 0 Å². The molecular formula is C28H25F2N3O4. The van der Waals surface area contributed by atoms with E-state index in [1.54, 1.807) is 9.47 Å². The molecule has 37 heavy (non-hydrogen) atoms. The molecule has 0 spiro atoms. The van der Waals surface area contributed by atoms with Gasteiger partial charge >= 0.3 is 0 Å². The predicted octanol–water partition coefficient (Wildman–Crippen LogP) is 3.98. The lowest BCUT2D eigenvalue weighted by molar-refractivity contribution is 0.0684. The van der Waals surface area contributed by atoms with E-state index in [0.717, 1.165) is 29.7 Å². The summed E-state index contributed by atoms with van der Waals surface area (Å²) in [5.41, 5.74) is 0.838. The van der Waals surface area contributed by atoms with Gasteiger partial charge in [-0.2, -0.15) is 0 Å². The smallest absolute Gasteiger partial charge is 0.274 e. The highest BCUT2D eigenvalue weighted by atomic mass is 19.1. The van der Waals surface area contributed by atoms with Crippen LogP contribution in [0.2, 0.25) is 0 Å². The number of halogens is 2. The molecule has 7 nitrogen and oxygen atoms in total. The summed E-state index contributed by atoms with van der Waals surface area (Å²) in [4.78, 5) is 41.8. The van der Waals surface area contributed by atoms with Gasteiger partial charge in [0, 0.05) is 37.5 Å². The first kappa shape index (κ1) is 24.4. The number of aromatic nitrogens is 1. The third-order valence-corrected chi connectivity index (χ3v) is 6.73. The van der Waals surface area contributed by atoms with Gasteiger partial charge in [0.2, 0.25) is 5.43 Å². The number of hydrogen-bond acceptors (Lipinski definition) is 4. The molecule has 1 atom stereocenters. The van der Waals surface area contributed by atoms with Gasteiger partial charge in [0.15, 0.2) is 11.4 Å². The summed E-state index contributed by atoms with van der Waals surface area (Å²) < 4.78 is 34.8. The molecule has 0 aliphatic carbocycles. The SMILES string of the molecule is C=C1CCCN2CC1n1cc(C(=O)NCc3ccc(F)cc3F)c(=O)c(OCc3ccccc3)c1C2=O. The monoisotopic (exact) mass is 505 g/mol. The molecule has 1 aromatic heterocycles. The molecule has 190 valence electrons. The van der Waals surface area contributed by atoms with Crippen LogP contribution in [-0.2, 0) is 13.2 Å².